The van der Waals surface area contributed by atoms with Gasteiger partial charge >= 0.3 is 13.1 Å². The lowest BCUT2D eigenvalue weighted by Crippen LogP contribution is -2.54. The summed E-state index contributed by atoms with van der Waals surface area (Å²) in [5, 5.41) is 33.3. The fraction of sp³-hybridized carbons (Fsp3) is 0.421. The molecule has 1 saturated heterocycles. The van der Waals surface area contributed by atoms with Crippen LogP contribution in [-0.4, -0.2) is 59.1 Å². The Kier molecular flexibility index (Phi) is 8.05. The van der Waals surface area contributed by atoms with Crippen LogP contribution in [0.1, 0.15) is 24.8 Å². The normalized spacial score (nSPS) is 17.2. The van der Waals surface area contributed by atoms with Crippen molar-refractivity contribution < 1.29 is 19.6 Å². The highest BCUT2D eigenvalue weighted by Gasteiger charge is 2.29. The average molecular weight is 384 g/mol. The zero-order valence-corrected chi connectivity index (χ0v) is 15.7. The Bertz CT molecular complexity index is 735. The van der Waals surface area contributed by atoms with Crippen molar-refractivity contribution >= 4 is 19.1 Å². The van der Waals surface area contributed by atoms with Gasteiger partial charge in [-0.25, -0.2) is 4.79 Å². The number of nitrogens with one attached hydrogen (secondary N) is 2. The van der Waals surface area contributed by atoms with Gasteiger partial charge in [-0.05, 0) is 31.2 Å². The number of carbonyl (C=O) groups excluding carboxylic acids is 2. The molecule has 0 aromatic heterocycles. The Morgan fingerprint density at radius 1 is 1.32 bits per heavy atom. The fourth-order valence-corrected chi connectivity index (χ4v) is 3.23. The number of benzene rings is 1. The molecule has 1 aromatic carbocycles. The van der Waals surface area contributed by atoms with Crippen LogP contribution >= 0.6 is 0 Å². The number of nitriles is 1. The highest BCUT2D eigenvalue weighted by atomic mass is 16.4. The van der Waals surface area contributed by atoms with Gasteiger partial charge in [-0.2, -0.15) is 5.26 Å². The number of rotatable bonds is 7. The van der Waals surface area contributed by atoms with E-state index in [9.17, 15) is 19.6 Å². The number of nitrogens with zero attached hydrogens (tertiary/aromatic N) is 2. The standard InChI is InChI=1S/C19H25BN4O4/c1-14(12-21)18(25)24-10-6-5-9-16(24)13-22-19(26)23-17(20(27)28)11-15-7-3-2-4-8-15/h2-4,7-8,16-17,27-28H,1,5-6,9-11,13H2,(H2,22,23,26)/t16-,17-/m0/s1. The number of carbonyl (C=O) groups is 2. The lowest BCUT2D eigenvalue weighted by Gasteiger charge is -2.35. The summed E-state index contributed by atoms with van der Waals surface area (Å²) in [7, 11) is -1.71. The van der Waals surface area contributed by atoms with Crippen LogP contribution in [0.3, 0.4) is 0 Å². The molecule has 1 fully saturated rings. The molecular formula is C19H25BN4O4. The van der Waals surface area contributed by atoms with Crippen molar-refractivity contribution in [3.8, 4) is 6.07 Å². The van der Waals surface area contributed by atoms with Gasteiger partial charge in [0.05, 0.1) is 5.94 Å². The first-order valence-corrected chi connectivity index (χ1v) is 9.26. The summed E-state index contributed by atoms with van der Waals surface area (Å²) < 4.78 is 0. The second-order valence-electron chi connectivity index (χ2n) is 6.80. The third-order valence-electron chi connectivity index (χ3n) is 4.75. The zero-order valence-electron chi connectivity index (χ0n) is 15.7. The third kappa shape index (κ3) is 6.11. The molecule has 9 heteroatoms. The quantitative estimate of drug-likeness (QED) is 0.307. The van der Waals surface area contributed by atoms with Gasteiger partial charge in [0.15, 0.2) is 0 Å². The predicted octanol–water partition coefficient (Wildman–Crippen LogP) is 0.370. The van der Waals surface area contributed by atoms with E-state index in [0.717, 1.165) is 18.4 Å². The van der Waals surface area contributed by atoms with Crippen molar-refractivity contribution in [2.75, 3.05) is 13.1 Å². The third-order valence-corrected chi connectivity index (χ3v) is 4.75. The Balaban J connectivity index is 1.90. The first-order chi connectivity index (χ1) is 13.4. The van der Waals surface area contributed by atoms with Gasteiger partial charge in [0.1, 0.15) is 11.6 Å². The maximum absolute atomic E-state index is 12.3. The molecule has 0 bridgehead atoms. The molecule has 2 rings (SSSR count). The summed E-state index contributed by atoms with van der Waals surface area (Å²) in [5.41, 5.74) is 0.739. The summed E-state index contributed by atoms with van der Waals surface area (Å²) in [6.07, 6.45) is 2.73. The van der Waals surface area contributed by atoms with Gasteiger partial charge < -0.3 is 25.6 Å². The van der Waals surface area contributed by atoms with Crippen LogP contribution in [0.5, 0.6) is 0 Å². The Hall–Kier alpha value is -2.83. The van der Waals surface area contributed by atoms with Gasteiger partial charge in [-0.1, -0.05) is 36.9 Å². The van der Waals surface area contributed by atoms with E-state index in [0.29, 0.717) is 13.0 Å². The Labute approximate surface area is 165 Å². The second-order valence-corrected chi connectivity index (χ2v) is 6.80. The van der Waals surface area contributed by atoms with Crippen molar-refractivity contribution in [3.63, 3.8) is 0 Å². The van der Waals surface area contributed by atoms with E-state index < -0.39 is 25.0 Å². The van der Waals surface area contributed by atoms with Gasteiger partial charge in [0, 0.05) is 19.1 Å². The molecule has 8 nitrogen and oxygen atoms in total. The predicted molar refractivity (Wildman–Crippen MR) is 105 cm³/mol. The van der Waals surface area contributed by atoms with Crippen LogP contribution < -0.4 is 10.6 Å². The molecule has 1 heterocycles. The molecule has 1 aliphatic heterocycles. The summed E-state index contributed by atoms with van der Waals surface area (Å²) in [5.74, 6) is -1.29. The molecule has 0 saturated carbocycles. The minimum absolute atomic E-state index is 0.123. The summed E-state index contributed by atoms with van der Waals surface area (Å²) >= 11 is 0. The molecule has 0 unspecified atom stereocenters. The van der Waals surface area contributed by atoms with Crippen molar-refractivity contribution in [2.24, 2.45) is 0 Å². The number of likely N-dealkylation sites (tertiary alicyclic amines) is 1. The van der Waals surface area contributed by atoms with Gasteiger partial charge in [0.2, 0.25) is 0 Å². The minimum Gasteiger partial charge on any atom is -0.426 e. The number of piperidine rings is 1. The molecule has 2 atom stereocenters. The lowest BCUT2D eigenvalue weighted by molar-refractivity contribution is -0.130. The topological polar surface area (TPSA) is 126 Å². The van der Waals surface area contributed by atoms with Crippen LogP contribution in [0.4, 0.5) is 4.79 Å². The van der Waals surface area contributed by atoms with Crippen molar-refractivity contribution in [2.45, 2.75) is 37.7 Å². The Morgan fingerprint density at radius 2 is 2.04 bits per heavy atom. The number of urea groups is 1. The van der Waals surface area contributed by atoms with E-state index in [4.69, 9.17) is 5.26 Å². The van der Waals surface area contributed by atoms with Crippen LogP contribution in [0.25, 0.3) is 0 Å². The molecule has 0 spiro atoms. The van der Waals surface area contributed by atoms with Crippen molar-refractivity contribution in [3.05, 3.63) is 48.0 Å². The number of amides is 3. The highest BCUT2D eigenvalue weighted by molar-refractivity contribution is 6.43. The number of hydrogen-bond acceptors (Lipinski definition) is 5. The average Bonchev–Trinajstić information content (AvgIpc) is 2.71. The van der Waals surface area contributed by atoms with Crippen LogP contribution in [0.2, 0.25) is 0 Å². The molecule has 0 radical (unpaired) electrons. The number of hydrogen-bond donors (Lipinski definition) is 4. The molecule has 1 aliphatic rings. The van der Waals surface area contributed by atoms with Gasteiger partial charge in [0.25, 0.3) is 5.91 Å². The van der Waals surface area contributed by atoms with Crippen molar-refractivity contribution in [1.29, 1.82) is 5.26 Å². The maximum Gasteiger partial charge on any atom is 0.475 e. The minimum atomic E-state index is -1.71. The molecule has 28 heavy (non-hydrogen) atoms. The molecule has 1 aromatic rings. The van der Waals surface area contributed by atoms with E-state index >= 15 is 0 Å². The van der Waals surface area contributed by atoms with Gasteiger partial charge in [-0.3, -0.25) is 4.79 Å². The summed E-state index contributed by atoms with van der Waals surface area (Å²) in [6.45, 7) is 4.19. The molecule has 0 aliphatic carbocycles. The van der Waals surface area contributed by atoms with Crippen molar-refractivity contribution in [1.82, 2.24) is 15.5 Å². The SMILES string of the molecule is C=C(C#N)C(=O)N1CCCC[C@H]1CNC(=O)N[C@@H](Cc1ccccc1)B(O)O. The molecule has 148 valence electrons. The van der Waals surface area contributed by atoms with Crippen LogP contribution in [0, 0.1) is 11.3 Å². The zero-order chi connectivity index (χ0) is 20.5. The van der Waals surface area contributed by atoms with Gasteiger partial charge in [-0.15, -0.1) is 0 Å². The highest BCUT2D eigenvalue weighted by Crippen LogP contribution is 2.18. The lowest BCUT2D eigenvalue weighted by atomic mass is 9.76. The van der Waals surface area contributed by atoms with Crippen LogP contribution in [0.15, 0.2) is 42.5 Å². The fourth-order valence-electron chi connectivity index (χ4n) is 3.23. The van der Waals surface area contributed by atoms with E-state index in [-0.39, 0.29) is 24.6 Å². The smallest absolute Gasteiger partial charge is 0.426 e. The second kappa shape index (κ2) is 10.5. The molecule has 3 amide bonds. The summed E-state index contributed by atoms with van der Waals surface area (Å²) in [6, 6.07) is 10.2. The van der Waals surface area contributed by atoms with E-state index in [1.165, 1.54) is 0 Å². The maximum atomic E-state index is 12.3. The molecule has 4 N–H and O–H groups in total. The van der Waals surface area contributed by atoms with E-state index in [1.807, 2.05) is 30.3 Å². The van der Waals surface area contributed by atoms with E-state index in [2.05, 4.69) is 17.2 Å². The monoisotopic (exact) mass is 384 g/mol. The van der Waals surface area contributed by atoms with E-state index in [1.54, 1.807) is 11.0 Å². The largest absolute Gasteiger partial charge is 0.475 e. The first kappa shape index (κ1) is 21.5. The summed E-state index contributed by atoms with van der Waals surface area (Å²) in [4.78, 5) is 26.1. The Morgan fingerprint density at radius 3 is 2.68 bits per heavy atom. The first-order valence-electron chi connectivity index (χ1n) is 9.26. The molecular weight excluding hydrogens is 359 g/mol. The van der Waals surface area contributed by atoms with Crippen LogP contribution in [-0.2, 0) is 11.2 Å².